The molecule has 0 aliphatic heterocycles. The van der Waals surface area contributed by atoms with Crippen molar-refractivity contribution in [2.45, 2.75) is 23.7 Å². The van der Waals surface area contributed by atoms with Crippen LogP contribution in [-0.4, -0.2) is 27.9 Å². The summed E-state index contributed by atoms with van der Waals surface area (Å²) in [5, 5.41) is 0. The number of hydrogen-bond donors (Lipinski definition) is 0. The van der Waals surface area contributed by atoms with Crippen LogP contribution in [0.4, 0.5) is 26.3 Å². The van der Waals surface area contributed by atoms with Crippen LogP contribution in [0.3, 0.4) is 0 Å². The molecule has 138 valence electrons. The lowest BCUT2D eigenvalue weighted by Crippen LogP contribution is -2.41. The van der Waals surface area contributed by atoms with Crippen molar-refractivity contribution in [2.75, 3.05) is 0 Å². The minimum absolute atomic E-state index is 0.287. The normalized spacial score (nSPS) is 14.6. The van der Waals surface area contributed by atoms with E-state index in [2.05, 4.69) is 8.37 Å². The first-order valence-corrected chi connectivity index (χ1v) is 8.43. The molecule has 0 bridgehead atoms. The Morgan fingerprint density at radius 1 is 0.750 bits per heavy atom. The lowest BCUT2D eigenvalue weighted by molar-refractivity contribution is -0.137. The van der Waals surface area contributed by atoms with E-state index in [-0.39, 0.29) is 6.92 Å². The van der Waals surface area contributed by atoms with Crippen molar-refractivity contribution in [3.8, 4) is 0 Å². The number of hydrogen-bond acceptors (Lipinski definition) is 6. The molecule has 1 aromatic carbocycles. The SMILES string of the molecule is CC(OS(=O)(=O)C(F)(F)F)(OS(=O)(=O)C(F)(F)F)c1ccccc1. The zero-order valence-electron chi connectivity index (χ0n) is 11.4. The van der Waals surface area contributed by atoms with Crippen LogP contribution in [0, 0.1) is 0 Å². The third kappa shape index (κ3) is 4.37. The first-order valence-electron chi connectivity index (χ1n) is 5.61. The maximum absolute atomic E-state index is 12.4. The molecule has 6 nitrogen and oxygen atoms in total. The molecule has 14 heteroatoms. The zero-order valence-corrected chi connectivity index (χ0v) is 13.1. The lowest BCUT2D eigenvalue weighted by atomic mass is 10.1. The molecule has 1 aromatic rings. The van der Waals surface area contributed by atoms with Crippen LogP contribution < -0.4 is 0 Å². The monoisotopic (exact) mass is 402 g/mol. The summed E-state index contributed by atoms with van der Waals surface area (Å²) in [6.45, 7) is 0.287. The Hall–Kier alpha value is -1.38. The predicted octanol–water partition coefficient (Wildman–Crippen LogP) is 2.59. The number of halogens is 6. The molecule has 0 spiro atoms. The van der Waals surface area contributed by atoms with Crippen LogP contribution in [0.5, 0.6) is 0 Å². The maximum Gasteiger partial charge on any atom is 0.523 e. The van der Waals surface area contributed by atoms with Gasteiger partial charge in [-0.1, -0.05) is 30.3 Å². The van der Waals surface area contributed by atoms with Crippen molar-refractivity contribution >= 4 is 20.2 Å². The van der Waals surface area contributed by atoms with Crippen molar-refractivity contribution in [3.63, 3.8) is 0 Å². The summed E-state index contributed by atoms with van der Waals surface area (Å²) >= 11 is 0. The molecular formula is C10H8F6O6S2. The molecule has 0 unspecified atom stereocenters. The van der Waals surface area contributed by atoms with Gasteiger partial charge in [-0.3, -0.25) is 0 Å². The summed E-state index contributed by atoms with van der Waals surface area (Å²) in [7, 11) is -13.0. The van der Waals surface area contributed by atoms with Crippen LogP contribution in [0.25, 0.3) is 0 Å². The third-order valence-electron chi connectivity index (χ3n) is 2.40. The minimum atomic E-state index is -6.48. The van der Waals surface area contributed by atoms with E-state index < -0.39 is 42.6 Å². The van der Waals surface area contributed by atoms with Crippen LogP contribution in [0.2, 0.25) is 0 Å². The highest BCUT2D eigenvalue weighted by atomic mass is 32.2. The molecule has 0 N–H and O–H groups in total. The standard InChI is InChI=1S/C10H8F6O6S2/c1-8(7-5-3-2-4-6-7,21-23(17,18)9(11,12)13)22-24(19,20)10(14,15)16/h2-6H,1H3. The minimum Gasteiger partial charge on any atom is -0.223 e. The molecule has 0 aliphatic carbocycles. The maximum atomic E-state index is 12.4. The zero-order chi connectivity index (χ0) is 19.0. The summed E-state index contributed by atoms with van der Waals surface area (Å²) in [5.41, 5.74) is -12.8. The molecule has 0 atom stereocenters. The molecule has 0 heterocycles. The van der Waals surface area contributed by atoms with Gasteiger partial charge in [-0.25, -0.2) is 8.37 Å². The molecule has 0 fully saturated rings. The molecule has 0 saturated carbocycles. The molecule has 0 saturated heterocycles. The van der Waals surface area contributed by atoms with E-state index in [4.69, 9.17) is 0 Å². The number of rotatable bonds is 5. The van der Waals surface area contributed by atoms with Gasteiger partial charge in [0.15, 0.2) is 0 Å². The van der Waals surface area contributed by atoms with Crippen LogP contribution >= 0.6 is 0 Å². The van der Waals surface area contributed by atoms with Gasteiger partial charge in [-0.05, 0) is 6.92 Å². The van der Waals surface area contributed by atoms with Gasteiger partial charge in [0, 0.05) is 5.56 Å². The Balaban J connectivity index is 3.46. The van der Waals surface area contributed by atoms with Crippen LogP contribution in [0.15, 0.2) is 30.3 Å². The second kappa shape index (κ2) is 6.16. The lowest BCUT2D eigenvalue weighted by Gasteiger charge is -2.29. The molecule has 1 rings (SSSR count). The Labute approximate surface area is 132 Å². The van der Waals surface area contributed by atoms with E-state index in [1.807, 2.05) is 0 Å². The average molecular weight is 402 g/mol. The molecular weight excluding hydrogens is 394 g/mol. The first kappa shape index (κ1) is 20.7. The Bertz CT molecular complexity index is 735. The van der Waals surface area contributed by atoms with Crippen LogP contribution in [0.1, 0.15) is 12.5 Å². The Kier molecular flexibility index (Phi) is 5.31. The van der Waals surface area contributed by atoms with Gasteiger partial charge in [0.2, 0.25) is 5.79 Å². The number of alkyl halides is 6. The van der Waals surface area contributed by atoms with Gasteiger partial charge in [0.25, 0.3) is 0 Å². The molecule has 24 heavy (non-hydrogen) atoms. The predicted molar refractivity (Wildman–Crippen MR) is 65.9 cm³/mol. The van der Waals surface area contributed by atoms with Gasteiger partial charge in [0.05, 0.1) is 0 Å². The molecule has 0 amide bonds. The van der Waals surface area contributed by atoms with Gasteiger partial charge in [-0.15, -0.1) is 0 Å². The Morgan fingerprint density at radius 3 is 1.38 bits per heavy atom. The highest BCUT2D eigenvalue weighted by molar-refractivity contribution is 7.88. The van der Waals surface area contributed by atoms with Crippen molar-refractivity contribution in [3.05, 3.63) is 35.9 Å². The first-order chi connectivity index (χ1) is 10.5. The second-order valence-electron chi connectivity index (χ2n) is 4.28. The summed E-state index contributed by atoms with van der Waals surface area (Å²) in [4.78, 5) is 0. The summed E-state index contributed by atoms with van der Waals surface area (Å²) in [5.74, 6) is -3.44. The van der Waals surface area contributed by atoms with Gasteiger partial charge < -0.3 is 0 Å². The topological polar surface area (TPSA) is 86.7 Å². The van der Waals surface area contributed by atoms with Crippen molar-refractivity contribution in [2.24, 2.45) is 0 Å². The Morgan fingerprint density at radius 2 is 1.08 bits per heavy atom. The molecule has 0 aliphatic rings. The van der Waals surface area contributed by atoms with Crippen molar-refractivity contribution in [1.29, 1.82) is 0 Å². The molecule has 0 aromatic heterocycles. The fourth-order valence-corrected chi connectivity index (χ4v) is 2.69. The average Bonchev–Trinajstić information content (AvgIpc) is 2.35. The highest BCUT2D eigenvalue weighted by Crippen LogP contribution is 2.39. The summed E-state index contributed by atoms with van der Waals surface area (Å²) in [6, 6.07) is 5.08. The fourth-order valence-electron chi connectivity index (χ4n) is 1.36. The van der Waals surface area contributed by atoms with E-state index in [0.29, 0.717) is 0 Å². The number of benzene rings is 1. The van der Waals surface area contributed by atoms with Crippen molar-refractivity contribution in [1.82, 2.24) is 0 Å². The van der Waals surface area contributed by atoms with E-state index in [9.17, 15) is 43.2 Å². The smallest absolute Gasteiger partial charge is 0.223 e. The molecule has 0 radical (unpaired) electrons. The highest BCUT2D eigenvalue weighted by Gasteiger charge is 2.57. The second-order valence-corrected chi connectivity index (χ2v) is 7.35. The fraction of sp³-hybridized carbons (Fsp3) is 0.400. The van der Waals surface area contributed by atoms with E-state index in [1.165, 1.54) is 6.07 Å². The van der Waals surface area contributed by atoms with Crippen LogP contribution in [-0.2, 0) is 34.4 Å². The van der Waals surface area contributed by atoms with E-state index in [1.54, 1.807) is 0 Å². The van der Waals surface area contributed by atoms with Gasteiger partial charge in [0.1, 0.15) is 0 Å². The summed E-state index contributed by atoms with van der Waals surface area (Å²) < 4.78 is 126. The van der Waals surface area contributed by atoms with E-state index >= 15 is 0 Å². The van der Waals surface area contributed by atoms with Gasteiger partial charge >= 0.3 is 31.3 Å². The summed E-state index contributed by atoms with van der Waals surface area (Å²) in [6.07, 6.45) is 0. The van der Waals surface area contributed by atoms with Gasteiger partial charge in [-0.2, -0.15) is 43.2 Å². The van der Waals surface area contributed by atoms with Crippen molar-refractivity contribution < 1.29 is 51.5 Å². The largest absolute Gasteiger partial charge is 0.523 e. The third-order valence-corrected chi connectivity index (χ3v) is 4.61. The quantitative estimate of drug-likeness (QED) is 0.326. The van der Waals surface area contributed by atoms with E-state index in [0.717, 1.165) is 24.3 Å².